The number of hydrogen-bond acceptors (Lipinski definition) is 2. The summed E-state index contributed by atoms with van der Waals surface area (Å²) in [6.45, 7) is 2.97. The third kappa shape index (κ3) is 3.28. The van der Waals surface area contributed by atoms with Crippen LogP contribution in [0.1, 0.15) is 23.4 Å². The smallest absolute Gasteiger partial charge is 0.0931 e. The average Bonchev–Trinajstić information content (AvgIpc) is 2.73. The van der Waals surface area contributed by atoms with Crippen molar-refractivity contribution in [3.05, 3.63) is 54.6 Å². The van der Waals surface area contributed by atoms with Crippen molar-refractivity contribution in [3.63, 3.8) is 0 Å². The molecule has 1 aromatic carbocycles. The maximum Gasteiger partial charge on any atom is 0.0931 e. The van der Waals surface area contributed by atoms with Crippen LogP contribution in [0.25, 0.3) is 0 Å². The largest absolute Gasteiger partial charge is 0.306 e. The lowest BCUT2D eigenvalue weighted by Gasteiger charge is -2.18. The lowest BCUT2D eigenvalue weighted by molar-refractivity contribution is 0.637. The van der Waals surface area contributed by atoms with E-state index in [0.717, 1.165) is 20.4 Å². The Kier molecular flexibility index (Phi) is 5.10. The predicted molar refractivity (Wildman–Crippen MR) is 84.0 cm³/mol. The third-order valence-electron chi connectivity index (χ3n) is 2.56. The third-order valence-corrected chi connectivity index (χ3v) is 4.78. The van der Waals surface area contributed by atoms with Gasteiger partial charge in [0.1, 0.15) is 0 Å². The van der Waals surface area contributed by atoms with Crippen molar-refractivity contribution in [2.45, 2.75) is 13.0 Å². The Morgan fingerprint density at radius 2 is 2.06 bits per heavy atom. The zero-order chi connectivity index (χ0) is 13.1. The Morgan fingerprint density at radius 1 is 1.28 bits per heavy atom. The quantitative estimate of drug-likeness (QED) is 0.753. The number of hydrogen-bond donors (Lipinski definition) is 1. The molecular formula is C13H12BrCl2NS. The molecule has 18 heavy (non-hydrogen) atoms. The van der Waals surface area contributed by atoms with E-state index in [4.69, 9.17) is 23.2 Å². The summed E-state index contributed by atoms with van der Waals surface area (Å²) in [5.74, 6) is 0. The summed E-state index contributed by atoms with van der Waals surface area (Å²) in [6, 6.07) is 9.97. The average molecular weight is 365 g/mol. The van der Waals surface area contributed by atoms with E-state index in [1.807, 2.05) is 24.3 Å². The first-order valence-electron chi connectivity index (χ1n) is 5.55. The molecule has 0 aliphatic rings. The number of thiophene rings is 1. The molecule has 0 bridgehead atoms. The highest BCUT2D eigenvalue weighted by Crippen LogP contribution is 2.35. The van der Waals surface area contributed by atoms with Crippen LogP contribution < -0.4 is 5.32 Å². The van der Waals surface area contributed by atoms with E-state index in [0.29, 0.717) is 0 Å². The van der Waals surface area contributed by atoms with Gasteiger partial charge in [-0.2, -0.15) is 0 Å². The minimum absolute atomic E-state index is 0.138. The Balaban J connectivity index is 2.41. The molecule has 1 heterocycles. The van der Waals surface area contributed by atoms with Crippen LogP contribution in [0.4, 0.5) is 0 Å². The van der Waals surface area contributed by atoms with Gasteiger partial charge in [-0.25, -0.2) is 0 Å². The van der Waals surface area contributed by atoms with E-state index in [9.17, 15) is 0 Å². The molecular weight excluding hydrogens is 353 g/mol. The van der Waals surface area contributed by atoms with Gasteiger partial charge in [0.05, 0.1) is 10.4 Å². The fourth-order valence-corrected chi connectivity index (χ4v) is 3.85. The van der Waals surface area contributed by atoms with E-state index < -0.39 is 0 Å². The van der Waals surface area contributed by atoms with Gasteiger partial charge in [-0.1, -0.05) is 52.1 Å². The van der Waals surface area contributed by atoms with Crippen molar-refractivity contribution in [3.8, 4) is 0 Å². The number of nitrogens with one attached hydrogen (secondary N) is 1. The first-order chi connectivity index (χ1) is 8.61. The Hall–Kier alpha value is -0.0600. The summed E-state index contributed by atoms with van der Waals surface area (Å²) in [5, 5.41) is 4.19. The zero-order valence-electron chi connectivity index (χ0n) is 9.71. The predicted octanol–water partition coefficient (Wildman–Crippen LogP) is 5.52. The number of rotatable bonds is 4. The van der Waals surface area contributed by atoms with Crippen molar-refractivity contribution in [2.75, 3.05) is 6.54 Å². The molecule has 1 N–H and O–H groups in total. The first-order valence-corrected chi connectivity index (χ1v) is 7.92. The van der Waals surface area contributed by atoms with Gasteiger partial charge in [-0.3, -0.25) is 0 Å². The van der Waals surface area contributed by atoms with Crippen LogP contribution in [0, 0.1) is 0 Å². The fraction of sp³-hybridized carbons (Fsp3) is 0.231. The van der Waals surface area contributed by atoms with Crippen molar-refractivity contribution < 1.29 is 0 Å². The lowest BCUT2D eigenvalue weighted by atomic mass is 10.1. The molecule has 96 valence electrons. The summed E-state index contributed by atoms with van der Waals surface area (Å²) >= 11 is 17.2. The molecule has 1 unspecified atom stereocenters. The van der Waals surface area contributed by atoms with E-state index in [-0.39, 0.29) is 6.04 Å². The fourth-order valence-electron chi connectivity index (χ4n) is 1.79. The second kappa shape index (κ2) is 6.40. The molecule has 0 amide bonds. The molecule has 5 heteroatoms. The van der Waals surface area contributed by atoms with Crippen LogP contribution in [-0.4, -0.2) is 6.54 Å². The molecule has 2 rings (SSSR count). The molecule has 0 fully saturated rings. The molecule has 2 aromatic rings. The van der Waals surface area contributed by atoms with Crippen LogP contribution in [0.5, 0.6) is 0 Å². The monoisotopic (exact) mass is 363 g/mol. The molecule has 1 atom stereocenters. The van der Waals surface area contributed by atoms with Gasteiger partial charge >= 0.3 is 0 Å². The van der Waals surface area contributed by atoms with Crippen LogP contribution in [0.15, 0.2) is 34.8 Å². The second-order valence-corrected chi connectivity index (χ2v) is 6.84. The number of benzene rings is 1. The topological polar surface area (TPSA) is 12.0 Å². The van der Waals surface area contributed by atoms with Gasteiger partial charge in [0.25, 0.3) is 0 Å². The van der Waals surface area contributed by atoms with E-state index in [1.54, 1.807) is 11.3 Å². The molecule has 1 aromatic heterocycles. The lowest BCUT2D eigenvalue weighted by Crippen LogP contribution is -2.21. The highest BCUT2D eigenvalue weighted by molar-refractivity contribution is 9.10. The molecule has 0 radical (unpaired) electrons. The van der Waals surface area contributed by atoms with Crippen molar-refractivity contribution in [1.29, 1.82) is 0 Å². The molecule has 0 aliphatic heterocycles. The Bertz CT molecular complexity index is 542. The standard InChI is InChI=1S/C13H12BrCl2NS/c1-2-17-13(11-5-6-12(16)18-11)9-4-3-8(15)7-10(9)14/h3-7,13,17H,2H2,1H3. The Morgan fingerprint density at radius 3 is 2.61 bits per heavy atom. The van der Waals surface area contributed by atoms with Crippen molar-refractivity contribution >= 4 is 50.5 Å². The van der Waals surface area contributed by atoms with Crippen LogP contribution in [0.2, 0.25) is 9.36 Å². The number of halogens is 3. The summed E-state index contributed by atoms with van der Waals surface area (Å²) in [4.78, 5) is 1.20. The molecule has 0 saturated carbocycles. The van der Waals surface area contributed by atoms with Gasteiger partial charge in [0.2, 0.25) is 0 Å². The summed E-state index contributed by atoms with van der Waals surface area (Å²) in [5.41, 5.74) is 1.17. The minimum Gasteiger partial charge on any atom is -0.306 e. The van der Waals surface area contributed by atoms with Gasteiger partial charge in [0.15, 0.2) is 0 Å². The maximum atomic E-state index is 6.02. The molecule has 0 saturated heterocycles. The van der Waals surface area contributed by atoms with Gasteiger partial charge in [-0.05, 0) is 36.4 Å². The summed E-state index contributed by atoms with van der Waals surface area (Å²) < 4.78 is 1.81. The van der Waals surface area contributed by atoms with Gasteiger partial charge in [0, 0.05) is 14.4 Å². The highest BCUT2D eigenvalue weighted by atomic mass is 79.9. The van der Waals surface area contributed by atoms with Crippen LogP contribution in [-0.2, 0) is 0 Å². The Labute approximate surface area is 129 Å². The van der Waals surface area contributed by atoms with Crippen molar-refractivity contribution in [2.24, 2.45) is 0 Å². The van der Waals surface area contributed by atoms with E-state index >= 15 is 0 Å². The second-order valence-electron chi connectivity index (χ2n) is 3.80. The van der Waals surface area contributed by atoms with Crippen LogP contribution >= 0.6 is 50.5 Å². The highest BCUT2D eigenvalue weighted by Gasteiger charge is 2.17. The summed E-state index contributed by atoms with van der Waals surface area (Å²) in [6.07, 6.45) is 0. The summed E-state index contributed by atoms with van der Waals surface area (Å²) in [7, 11) is 0. The molecule has 1 nitrogen and oxygen atoms in total. The normalized spacial score (nSPS) is 12.7. The van der Waals surface area contributed by atoms with Gasteiger partial charge in [-0.15, -0.1) is 11.3 Å². The maximum absolute atomic E-state index is 6.02. The van der Waals surface area contributed by atoms with E-state index in [2.05, 4.69) is 34.2 Å². The van der Waals surface area contributed by atoms with E-state index in [1.165, 1.54) is 10.4 Å². The van der Waals surface area contributed by atoms with Crippen LogP contribution in [0.3, 0.4) is 0 Å². The first kappa shape index (κ1) is 14.4. The van der Waals surface area contributed by atoms with Gasteiger partial charge < -0.3 is 5.32 Å². The molecule has 0 spiro atoms. The minimum atomic E-state index is 0.138. The molecule has 0 aliphatic carbocycles. The SMILES string of the molecule is CCNC(c1ccc(Cl)s1)c1ccc(Cl)cc1Br. The van der Waals surface area contributed by atoms with Crippen molar-refractivity contribution in [1.82, 2.24) is 5.32 Å². The zero-order valence-corrected chi connectivity index (χ0v) is 13.6.